The predicted molar refractivity (Wildman–Crippen MR) is 92.1 cm³/mol. The fourth-order valence-electron chi connectivity index (χ4n) is 2.25. The lowest BCUT2D eigenvalue weighted by Crippen LogP contribution is -2.12. The molecule has 0 fully saturated rings. The molecule has 4 nitrogen and oxygen atoms in total. The fourth-order valence-corrected chi connectivity index (χ4v) is 2.83. The third-order valence-corrected chi connectivity index (χ3v) is 4.03. The van der Waals surface area contributed by atoms with Gasteiger partial charge >= 0.3 is 0 Å². The third-order valence-electron chi connectivity index (χ3n) is 3.38. The van der Waals surface area contributed by atoms with Gasteiger partial charge in [-0.25, -0.2) is 0 Å². The largest absolute Gasteiger partial charge is 0.506 e. The first-order valence-corrected chi connectivity index (χ1v) is 7.42. The van der Waals surface area contributed by atoms with Crippen molar-refractivity contribution in [1.29, 1.82) is 0 Å². The van der Waals surface area contributed by atoms with Crippen molar-refractivity contribution in [3.8, 4) is 5.75 Å². The zero-order valence-electron chi connectivity index (χ0n) is 11.5. The molecular weight excluding hydrogens is 344 g/mol. The molecule has 3 aromatic carbocycles. The minimum absolute atomic E-state index is 0.0354. The van der Waals surface area contributed by atoms with Crippen LogP contribution in [0, 0.1) is 0 Å². The average molecular weight is 357 g/mol. The van der Waals surface area contributed by atoms with Gasteiger partial charge in [-0.15, -0.1) is 0 Å². The second-order valence-corrected chi connectivity index (χ2v) is 5.73. The van der Waals surface area contributed by atoms with Gasteiger partial charge in [0.05, 0.1) is 5.56 Å². The SMILES string of the molecule is Nc1ccc(NC(=O)c2cc(Br)c3ccccc3c2O)cc1. The number of hydrogen-bond donors (Lipinski definition) is 3. The van der Waals surface area contributed by atoms with E-state index in [0.29, 0.717) is 16.8 Å². The maximum atomic E-state index is 12.4. The van der Waals surface area contributed by atoms with E-state index >= 15 is 0 Å². The number of nitrogen functional groups attached to an aromatic ring is 1. The topological polar surface area (TPSA) is 75.3 Å². The van der Waals surface area contributed by atoms with Crippen LogP contribution in [0.4, 0.5) is 11.4 Å². The highest BCUT2D eigenvalue weighted by atomic mass is 79.9. The van der Waals surface area contributed by atoms with E-state index < -0.39 is 0 Å². The minimum Gasteiger partial charge on any atom is -0.506 e. The van der Waals surface area contributed by atoms with Crippen LogP contribution < -0.4 is 11.1 Å². The maximum absolute atomic E-state index is 12.4. The molecule has 0 aromatic heterocycles. The minimum atomic E-state index is -0.381. The molecule has 0 atom stereocenters. The number of carbonyl (C=O) groups excluding carboxylic acids is 1. The molecule has 0 radical (unpaired) electrons. The summed E-state index contributed by atoms with van der Waals surface area (Å²) in [5, 5.41) is 14.6. The Morgan fingerprint density at radius 2 is 1.68 bits per heavy atom. The summed E-state index contributed by atoms with van der Waals surface area (Å²) in [6.45, 7) is 0. The van der Waals surface area contributed by atoms with Crippen molar-refractivity contribution in [2.75, 3.05) is 11.1 Å². The Kier molecular flexibility index (Phi) is 3.73. The van der Waals surface area contributed by atoms with E-state index in [9.17, 15) is 9.90 Å². The van der Waals surface area contributed by atoms with Crippen LogP contribution in [0.5, 0.6) is 5.75 Å². The monoisotopic (exact) mass is 356 g/mol. The van der Waals surface area contributed by atoms with Crippen molar-refractivity contribution in [3.05, 3.63) is 64.6 Å². The van der Waals surface area contributed by atoms with Gasteiger partial charge in [0.25, 0.3) is 5.91 Å². The molecule has 0 aliphatic carbocycles. The van der Waals surface area contributed by atoms with Crippen LogP contribution in [0.25, 0.3) is 10.8 Å². The van der Waals surface area contributed by atoms with E-state index in [2.05, 4.69) is 21.2 Å². The summed E-state index contributed by atoms with van der Waals surface area (Å²) >= 11 is 3.44. The summed E-state index contributed by atoms with van der Waals surface area (Å²) in [6.07, 6.45) is 0. The molecule has 0 aliphatic heterocycles. The summed E-state index contributed by atoms with van der Waals surface area (Å²) in [7, 11) is 0. The maximum Gasteiger partial charge on any atom is 0.259 e. The molecule has 0 aliphatic rings. The van der Waals surface area contributed by atoms with Gasteiger partial charge in [0.1, 0.15) is 5.75 Å². The van der Waals surface area contributed by atoms with Crippen molar-refractivity contribution < 1.29 is 9.90 Å². The molecule has 110 valence electrons. The molecule has 0 heterocycles. The highest BCUT2D eigenvalue weighted by Gasteiger charge is 2.16. The number of aromatic hydroxyl groups is 1. The van der Waals surface area contributed by atoms with Crippen LogP contribution in [0.3, 0.4) is 0 Å². The second kappa shape index (κ2) is 5.69. The number of nitrogens with one attached hydrogen (secondary N) is 1. The Hall–Kier alpha value is -2.53. The molecule has 5 heteroatoms. The van der Waals surface area contributed by atoms with Crippen LogP contribution in [0.2, 0.25) is 0 Å². The number of hydrogen-bond acceptors (Lipinski definition) is 3. The van der Waals surface area contributed by atoms with Crippen molar-refractivity contribution in [1.82, 2.24) is 0 Å². The quantitative estimate of drug-likeness (QED) is 0.604. The molecule has 0 saturated heterocycles. The molecule has 0 unspecified atom stereocenters. The molecule has 4 N–H and O–H groups in total. The Morgan fingerprint density at radius 1 is 1.05 bits per heavy atom. The first-order valence-electron chi connectivity index (χ1n) is 6.63. The number of halogens is 1. The van der Waals surface area contributed by atoms with Crippen molar-refractivity contribution in [2.45, 2.75) is 0 Å². The average Bonchev–Trinajstić information content (AvgIpc) is 2.53. The summed E-state index contributed by atoms with van der Waals surface area (Å²) in [5.41, 5.74) is 7.06. The first-order chi connectivity index (χ1) is 10.6. The molecule has 3 rings (SSSR count). The van der Waals surface area contributed by atoms with Crippen LogP contribution in [-0.2, 0) is 0 Å². The summed E-state index contributed by atoms with van der Waals surface area (Å²) in [5.74, 6) is -0.416. The zero-order valence-corrected chi connectivity index (χ0v) is 13.1. The van der Waals surface area contributed by atoms with E-state index in [1.165, 1.54) is 0 Å². The highest BCUT2D eigenvalue weighted by Crippen LogP contribution is 2.34. The number of amides is 1. The van der Waals surface area contributed by atoms with Gasteiger partial charge in [-0.1, -0.05) is 40.2 Å². The normalized spacial score (nSPS) is 10.6. The molecule has 22 heavy (non-hydrogen) atoms. The van der Waals surface area contributed by atoms with E-state index in [1.807, 2.05) is 18.2 Å². The Bertz CT molecular complexity index is 860. The fraction of sp³-hybridized carbons (Fsp3) is 0. The molecule has 0 spiro atoms. The van der Waals surface area contributed by atoms with Crippen LogP contribution >= 0.6 is 15.9 Å². The number of carbonyl (C=O) groups is 1. The molecule has 0 saturated carbocycles. The number of nitrogens with two attached hydrogens (primary N) is 1. The van der Waals surface area contributed by atoms with Gasteiger partial charge < -0.3 is 16.2 Å². The summed E-state index contributed by atoms with van der Waals surface area (Å²) < 4.78 is 0.753. The van der Waals surface area contributed by atoms with Crippen molar-refractivity contribution >= 4 is 44.0 Å². The number of benzene rings is 3. The van der Waals surface area contributed by atoms with Crippen molar-refractivity contribution in [2.24, 2.45) is 0 Å². The van der Waals surface area contributed by atoms with E-state index in [-0.39, 0.29) is 17.2 Å². The second-order valence-electron chi connectivity index (χ2n) is 4.88. The Balaban J connectivity index is 2.00. The lowest BCUT2D eigenvalue weighted by Gasteiger charge is -2.11. The van der Waals surface area contributed by atoms with Gasteiger partial charge in [-0.3, -0.25) is 4.79 Å². The molecule has 1 amide bonds. The molecular formula is C17H13BrN2O2. The number of phenolic OH excluding ortho intramolecular Hbond substituents is 1. The zero-order chi connectivity index (χ0) is 15.7. The van der Waals surface area contributed by atoms with E-state index in [1.54, 1.807) is 36.4 Å². The number of fused-ring (bicyclic) bond motifs is 1. The van der Waals surface area contributed by atoms with E-state index in [4.69, 9.17) is 5.73 Å². The van der Waals surface area contributed by atoms with Crippen molar-refractivity contribution in [3.63, 3.8) is 0 Å². The third kappa shape index (κ3) is 2.63. The lowest BCUT2D eigenvalue weighted by atomic mass is 10.0. The Morgan fingerprint density at radius 3 is 2.36 bits per heavy atom. The van der Waals surface area contributed by atoms with Gasteiger partial charge in [0.15, 0.2) is 0 Å². The van der Waals surface area contributed by atoms with Crippen LogP contribution in [0.15, 0.2) is 59.1 Å². The predicted octanol–water partition coefficient (Wildman–Crippen LogP) is 4.14. The van der Waals surface area contributed by atoms with Crippen LogP contribution in [-0.4, -0.2) is 11.0 Å². The lowest BCUT2D eigenvalue weighted by molar-refractivity contribution is 0.102. The van der Waals surface area contributed by atoms with E-state index in [0.717, 1.165) is 9.86 Å². The molecule has 0 bridgehead atoms. The van der Waals surface area contributed by atoms with Gasteiger partial charge in [0, 0.05) is 21.2 Å². The number of rotatable bonds is 2. The standard InChI is InChI=1S/C17H13BrN2O2/c18-15-9-14(16(21)13-4-2-1-3-12(13)15)17(22)20-11-7-5-10(19)6-8-11/h1-9,21H,19H2,(H,20,22). The number of anilines is 2. The highest BCUT2D eigenvalue weighted by molar-refractivity contribution is 9.10. The van der Waals surface area contributed by atoms with Gasteiger partial charge in [-0.2, -0.15) is 0 Å². The summed E-state index contributed by atoms with van der Waals surface area (Å²) in [6, 6.07) is 15.8. The van der Waals surface area contributed by atoms with Crippen LogP contribution in [0.1, 0.15) is 10.4 Å². The summed E-state index contributed by atoms with van der Waals surface area (Å²) in [4.78, 5) is 12.4. The Labute approximate surface area is 135 Å². The smallest absolute Gasteiger partial charge is 0.259 e. The molecule has 3 aromatic rings. The van der Waals surface area contributed by atoms with Gasteiger partial charge in [-0.05, 0) is 35.7 Å². The van der Waals surface area contributed by atoms with Gasteiger partial charge in [0.2, 0.25) is 0 Å². The first kappa shape index (κ1) is 14.4. The number of phenols is 1.